The fourth-order valence-corrected chi connectivity index (χ4v) is 2.55. The van der Waals surface area contributed by atoms with Gasteiger partial charge in [-0.25, -0.2) is 14.4 Å². The maximum absolute atomic E-state index is 13.4. The molecule has 0 amide bonds. The molecule has 0 aliphatic carbocycles. The third-order valence-electron chi connectivity index (χ3n) is 2.80. The smallest absolute Gasteiger partial charge is 0.123 e. The van der Waals surface area contributed by atoms with Gasteiger partial charge in [0.25, 0.3) is 0 Å². The van der Waals surface area contributed by atoms with E-state index in [9.17, 15) is 4.39 Å². The van der Waals surface area contributed by atoms with E-state index in [0.29, 0.717) is 6.42 Å². The van der Waals surface area contributed by atoms with E-state index in [1.807, 2.05) is 13.0 Å². The van der Waals surface area contributed by atoms with Gasteiger partial charge in [-0.3, -0.25) is 0 Å². The van der Waals surface area contributed by atoms with Gasteiger partial charge in [0.1, 0.15) is 17.2 Å². The normalized spacial score (nSPS) is 12.4. The van der Waals surface area contributed by atoms with Crippen molar-refractivity contribution in [3.63, 3.8) is 0 Å². The van der Waals surface area contributed by atoms with Crippen LogP contribution in [-0.2, 0) is 6.42 Å². The minimum atomic E-state index is -0.231. The van der Waals surface area contributed by atoms with Crippen LogP contribution in [0.1, 0.15) is 18.9 Å². The molecule has 3 nitrogen and oxygen atoms in total. The summed E-state index contributed by atoms with van der Waals surface area (Å²) < 4.78 is 13.4. The molecule has 0 radical (unpaired) electrons. The van der Waals surface area contributed by atoms with Gasteiger partial charge < -0.3 is 5.73 Å². The Morgan fingerprint density at radius 2 is 2.21 bits per heavy atom. The maximum Gasteiger partial charge on any atom is 0.123 e. The second-order valence-corrected chi connectivity index (χ2v) is 5.34. The molecule has 5 heteroatoms. The van der Waals surface area contributed by atoms with Gasteiger partial charge in [-0.05, 0) is 42.7 Å². The molecule has 2 N–H and O–H groups in total. The lowest BCUT2D eigenvalue weighted by atomic mass is 10.0. The Kier molecular flexibility index (Phi) is 4.87. The summed E-state index contributed by atoms with van der Waals surface area (Å²) in [5.74, 6) is -0.231. The summed E-state index contributed by atoms with van der Waals surface area (Å²) in [5.41, 5.74) is 6.89. The molecule has 1 aromatic heterocycles. The van der Waals surface area contributed by atoms with Gasteiger partial charge in [-0.1, -0.05) is 18.7 Å². The first-order chi connectivity index (χ1) is 9.19. The number of benzene rings is 1. The van der Waals surface area contributed by atoms with Crippen LogP contribution >= 0.6 is 11.8 Å². The predicted molar refractivity (Wildman–Crippen MR) is 74.5 cm³/mol. The molecule has 1 atom stereocenters. The SMILES string of the molecule is CCC(N)Cc1cc(F)ccc1Sc1ccncn1. The molecule has 0 bridgehead atoms. The zero-order valence-electron chi connectivity index (χ0n) is 10.7. The van der Waals surface area contributed by atoms with Crippen LogP contribution in [0.25, 0.3) is 0 Å². The third kappa shape index (κ3) is 4.01. The Bertz CT molecular complexity index is 533. The number of nitrogens with two attached hydrogens (primary N) is 1. The van der Waals surface area contributed by atoms with E-state index in [0.717, 1.165) is 21.9 Å². The molecular weight excluding hydrogens is 261 g/mol. The van der Waals surface area contributed by atoms with E-state index in [1.165, 1.54) is 24.2 Å². The largest absolute Gasteiger partial charge is 0.327 e. The molecule has 1 aromatic carbocycles. The van der Waals surface area contributed by atoms with Gasteiger partial charge in [0.2, 0.25) is 0 Å². The lowest BCUT2D eigenvalue weighted by molar-refractivity contribution is 0.609. The van der Waals surface area contributed by atoms with Crippen LogP contribution < -0.4 is 5.73 Å². The topological polar surface area (TPSA) is 51.8 Å². The summed E-state index contributed by atoms with van der Waals surface area (Å²) in [5, 5.41) is 0.841. The minimum absolute atomic E-state index is 0.0477. The average Bonchev–Trinajstić information content (AvgIpc) is 2.43. The van der Waals surface area contributed by atoms with Crippen LogP contribution in [0, 0.1) is 5.82 Å². The molecule has 0 aliphatic rings. The van der Waals surface area contributed by atoms with Gasteiger partial charge in [-0.2, -0.15) is 0 Å². The number of hydrogen-bond acceptors (Lipinski definition) is 4. The molecule has 0 fully saturated rings. The van der Waals surface area contributed by atoms with E-state index >= 15 is 0 Å². The van der Waals surface area contributed by atoms with Crippen molar-refractivity contribution in [3.05, 3.63) is 48.2 Å². The predicted octanol–water partition coefficient (Wildman–Crippen LogP) is 3.05. The fourth-order valence-electron chi connectivity index (χ4n) is 1.69. The molecular formula is C14H16FN3S. The van der Waals surface area contributed by atoms with Crippen LogP contribution in [0.3, 0.4) is 0 Å². The molecule has 0 saturated heterocycles. The van der Waals surface area contributed by atoms with E-state index in [2.05, 4.69) is 9.97 Å². The molecule has 0 spiro atoms. The summed E-state index contributed by atoms with van der Waals surface area (Å²) in [7, 11) is 0. The molecule has 2 rings (SSSR count). The molecule has 1 unspecified atom stereocenters. The first-order valence-electron chi connectivity index (χ1n) is 6.17. The second kappa shape index (κ2) is 6.63. The lowest BCUT2D eigenvalue weighted by Gasteiger charge is -2.13. The molecule has 19 heavy (non-hydrogen) atoms. The number of halogens is 1. The number of hydrogen-bond donors (Lipinski definition) is 1. The zero-order valence-corrected chi connectivity index (χ0v) is 11.5. The van der Waals surface area contributed by atoms with E-state index in [4.69, 9.17) is 5.73 Å². The van der Waals surface area contributed by atoms with Crippen LogP contribution in [0.5, 0.6) is 0 Å². The van der Waals surface area contributed by atoms with E-state index < -0.39 is 0 Å². The monoisotopic (exact) mass is 277 g/mol. The molecule has 0 saturated carbocycles. The van der Waals surface area contributed by atoms with Crippen molar-refractivity contribution < 1.29 is 4.39 Å². The summed E-state index contributed by atoms with van der Waals surface area (Å²) >= 11 is 1.50. The molecule has 100 valence electrons. The number of aromatic nitrogens is 2. The molecule has 1 heterocycles. The van der Waals surface area contributed by atoms with Gasteiger partial charge in [0.15, 0.2) is 0 Å². The van der Waals surface area contributed by atoms with Gasteiger partial charge in [0.05, 0.1) is 0 Å². The molecule has 0 aliphatic heterocycles. The highest BCUT2D eigenvalue weighted by molar-refractivity contribution is 7.99. The van der Waals surface area contributed by atoms with Gasteiger partial charge in [0, 0.05) is 17.1 Å². The first-order valence-corrected chi connectivity index (χ1v) is 6.98. The Morgan fingerprint density at radius 3 is 2.89 bits per heavy atom. The number of nitrogens with zero attached hydrogens (tertiary/aromatic N) is 2. The van der Waals surface area contributed by atoms with Crippen LogP contribution in [0.4, 0.5) is 4.39 Å². The maximum atomic E-state index is 13.4. The first kappa shape index (κ1) is 14.0. The van der Waals surface area contributed by atoms with Crippen molar-refractivity contribution in [2.24, 2.45) is 5.73 Å². The van der Waals surface area contributed by atoms with Crippen molar-refractivity contribution in [2.45, 2.75) is 35.7 Å². The third-order valence-corrected chi connectivity index (χ3v) is 3.87. The van der Waals surface area contributed by atoms with Gasteiger partial charge in [-0.15, -0.1) is 0 Å². The van der Waals surface area contributed by atoms with Crippen molar-refractivity contribution in [3.8, 4) is 0 Å². The van der Waals surface area contributed by atoms with Crippen molar-refractivity contribution in [2.75, 3.05) is 0 Å². The van der Waals surface area contributed by atoms with Crippen LogP contribution in [0.2, 0.25) is 0 Å². The van der Waals surface area contributed by atoms with E-state index in [-0.39, 0.29) is 11.9 Å². The highest BCUT2D eigenvalue weighted by atomic mass is 32.2. The Labute approximate surface area is 116 Å². The van der Waals surface area contributed by atoms with Crippen molar-refractivity contribution >= 4 is 11.8 Å². The van der Waals surface area contributed by atoms with Crippen LogP contribution in [0.15, 0.2) is 46.7 Å². The van der Waals surface area contributed by atoms with Crippen LogP contribution in [-0.4, -0.2) is 16.0 Å². The van der Waals surface area contributed by atoms with Gasteiger partial charge >= 0.3 is 0 Å². The zero-order chi connectivity index (χ0) is 13.7. The number of rotatable bonds is 5. The van der Waals surface area contributed by atoms with Crippen molar-refractivity contribution in [1.82, 2.24) is 9.97 Å². The summed E-state index contributed by atoms with van der Waals surface area (Å²) in [4.78, 5) is 9.03. The van der Waals surface area contributed by atoms with Crippen molar-refractivity contribution in [1.29, 1.82) is 0 Å². The Hall–Kier alpha value is -1.46. The summed E-state index contributed by atoms with van der Waals surface area (Å²) in [6.45, 7) is 2.03. The fraction of sp³-hybridized carbons (Fsp3) is 0.286. The minimum Gasteiger partial charge on any atom is -0.327 e. The summed E-state index contributed by atoms with van der Waals surface area (Å²) in [6.07, 6.45) is 4.73. The highest BCUT2D eigenvalue weighted by Crippen LogP contribution is 2.30. The highest BCUT2D eigenvalue weighted by Gasteiger charge is 2.10. The quantitative estimate of drug-likeness (QED) is 0.853. The Morgan fingerprint density at radius 1 is 1.37 bits per heavy atom. The van der Waals surface area contributed by atoms with E-state index in [1.54, 1.807) is 18.3 Å². The Balaban J connectivity index is 2.24. The average molecular weight is 277 g/mol. The standard InChI is InChI=1S/C14H16FN3S/c1-2-12(16)8-10-7-11(15)3-4-13(10)19-14-5-6-17-9-18-14/h3-7,9,12H,2,8,16H2,1H3. The molecule has 2 aromatic rings. The lowest BCUT2D eigenvalue weighted by Crippen LogP contribution is -2.21. The summed E-state index contributed by atoms with van der Waals surface area (Å²) in [6, 6.07) is 6.67. The second-order valence-electron chi connectivity index (χ2n) is 4.27.